The van der Waals surface area contributed by atoms with Crippen LogP contribution in [0.3, 0.4) is 0 Å². The van der Waals surface area contributed by atoms with Crippen LogP contribution in [0.15, 0.2) is 41.2 Å². The monoisotopic (exact) mass is 443 g/mol. The van der Waals surface area contributed by atoms with Crippen molar-refractivity contribution in [2.24, 2.45) is 17.8 Å². The van der Waals surface area contributed by atoms with Crippen LogP contribution in [0.2, 0.25) is 5.02 Å². The predicted molar refractivity (Wildman–Crippen MR) is 114 cm³/mol. The normalized spacial score (nSPS) is 22.2. The van der Waals surface area contributed by atoms with E-state index in [0.29, 0.717) is 28.3 Å². The van der Waals surface area contributed by atoms with Crippen molar-refractivity contribution in [1.29, 1.82) is 0 Å². The molecule has 3 atom stereocenters. The third-order valence-corrected chi connectivity index (χ3v) is 6.88. The molecule has 1 heterocycles. The number of hydrogen-bond donors (Lipinski definition) is 1. The van der Waals surface area contributed by atoms with Crippen molar-refractivity contribution in [3.8, 4) is 11.3 Å². The maximum Gasteiger partial charge on any atom is 0.297 e. The van der Waals surface area contributed by atoms with Gasteiger partial charge in [0.15, 0.2) is 0 Å². The van der Waals surface area contributed by atoms with E-state index in [4.69, 9.17) is 11.6 Å². The minimum Gasteiger partial charge on any atom is -0.273 e. The van der Waals surface area contributed by atoms with E-state index < -0.39 is 22.6 Å². The van der Waals surface area contributed by atoms with Crippen molar-refractivity contribution < 1.29 is 13.6 Å². The average molecular weight is 444 g/mol. The molecule has 2 aliphatic rings. The molecule has 8 heteroatoms. The molecule has 5 rings (SSSR count). The van der Waals surface area contributed by atoms with Crippen LogP contribution in [0.5, 0.6) is 0 Å². The topological polar surface area (TPSA) is 64.0 Å². The Bertz CT molecular complexity index is 1240. The molecule has 1 N–H and O–H groups in total. The number of carbonyl (C=O) groups excluding carboxylic acids is 1. The number of nitrogens with zero attached hydrogens (tertiary/aromatic N) is 2. The Labute approximate surface area is 182 Å². The van der Waals surface area contributed by atoms with E-state index >= 15 is 0 Å². The van der Waals surface area contributed by atoms with Crippen LogP contribution in [-0.2, 0) is 4.79 Å². The van der Waals surface area contributed by atoms with E-state index in [1.165, 1.54) is 6.42 Å². The van der Waals surface area contributed by atoms with Crippen molar-refractivity contribution in [2.75, 3.05) is 5.43 Å². The fourth-order valence-electron chi connectivity index (χ4n) is 5.21. The predicted octanol–water partition coefficient (Wildman–Crippen LogP) is 4.89. The summed E-state index contributed by atoms with van der Waals surface area (Å²) in [6.07, 6.45) is 4.84. The van der Waals surface area contributed by atoms with Gasteiger partial charge in [0.2, 0.25) is 5.91 Å². The summed E-state index contributed by atoms with van der Waals surface area (Å²) in [6.45, 7) is 0. The Hall–Kier alpha value is -2.80. The van der Waals surface area contributed by atoms with Gasteiger partial charge in [-0.1, -0.05) is 30.2 Å². The molecular formula is C23H20ClF2N3O2. The molecule has 0 aliphatic heterocycles. The number of aromatic nitrogens is 2. The van der Waals surface area contributed by atoms with Crippen molar-refractivity contribution in [2.45, 2.75) is 32.1 Å². The minimum absolute atomic E-state index is 0.0449. The number of fused-ring (bicyclic) bond motifs is 3. The lowest BCUT2D eigenvalue weighted by Crippen LogP contribution is -2.37. The maximum atomic E-state index is 14.7. The van der Waals surface area contributed by atoms with Gasteiger partial charge in [-0.25, -0.2) is 14.2 Å². The zero-order valence-corrected chi connectivity index (χ0v) is 17.3. The van der Waals surface area contributed by atoms with Gasteiger partial charge >= 0.3 is 0 Å². The molecule has 3 unspecified atom stereocenters. The molecule has 31 heavy (non-hydrogen) atoms. The fraction of sp³-hybridized carbons (Fsp3) is 0.348. The zero-order chi connectivity index (χ0) is 21.7. The van der Waals surface area contributed by atoms with Crippen LogP contribution in [0.4, 0.5) is 8.78 Å². The highest BCUT2D eigenvalue weighted by Gasteiger charge is 2.40. The van der Waals surface area contributed by atoms with Gasteiger partial charge in [-0.3, -0.25) is 9.59 Å². The van der Waals surface area contributed by atoms with Crippen molar-refractivity contribution in [3.63, 3.8) is 0 Å². The van der Waals surface area contributed by atoms with Crippen molar-refractivity contribution in [1.82, 2.24) is 9.89 Å². The molecule has 5 nitrogen and oxygen atoms in total. The zero-order valence-electron chi connectivity index (χ0n) is 16.6. The molecule has 2 aliphatic carbocycles. The Morgan fingerprint density at radius 2 is 1.77 bits per heavy atom. The molecule has 1 amide bonds. The highest BCUT2D eigenvalue weighted by molar-refractivity contribution is 6.30. The van der Waals surface area contributed by atoms with Gasteiger partial charge in [0.05, 0.1) is 10.8 Å². The number of hydrogen-bond acceptors (Lipinski definition) is 3. The molecule has 0 saturated heterocycles. The molecule has 3 aromatic rings. The number of rotatable bonds is 4. The van der Waals surface area contributed by atoms with Crippen molar-refractivity contribution in [3.05, 3.63) is 63.4 Å². The van der Waals surface area contributed by atoms with E-state index in [2.05, 4.69) is 10.5 Å². The van der Waals surface area contributed by atoms with E-state index in [1.54, 1.807) is 24.3 Å². The molecular weight excluding hydrogens is 424 g/mol. The Balaban J connectivity index is 1.56. The van der Waals surface area contributed by atoms with Crippen LogP contribution < -0.4 is 11.0 Å². The van der Waals surface area contributed by atoms with Gasteiger partial charge in [-0.2, -0.15) is 0 Å². The molecule has 0 radical (unpaired) electrons. The third kappa shape index (κ3) is 3.61. The summed E-state index contributed by atoms with van der Waals surface area (Å²) in [5, 5.41) is 3.96. The first-order chi connectivity index (χ1) is 14.9. The molecule has 2 fully saturated rings. The lowest BCUT2D eigenvalue weighted by Gasteiger charge is -2.21. The summed E-state index contributed by atoms with van der Waals surface area (Å²) < 4.78 is 29.2. The van der Waals surface area contributed by atoms with Gasteiger partial charge in [0.25, 0.3) is 5.56 Å². The molecule has 160 valence electrons. The van der Waals surface area contributed by atoms with Gasteiger partial charge in [-0.15, -0.1) is 9.89 Å². The smallest absolute Gasteiger partial charge is 0.273 e. The second-order valence-electron chi connectivity index (χ2n) is 8.53. The largest absolute Gasteiger partial charge is 0.297 e. The standard InChI is InChI=1S/C23H20ClF2N3O2/c24-16-5-3-13(4-6-16)22-20-17(25)7-8-18(26)21(20)23(31)29(28-22)27-19(30)11-15-10-12-1-2-14(15)9-12/h3-8,12,14-15H,1-2,9-11H2,(H,27,30). The summed E-state index contributed by atoms with van der Waals surface area (Å²) in [4.78, 5) is 26.3. The summed E-state index contributed by atoms with van der Waals surface area (Å²) in [5.41, 5.74) is 2.07. The first kappa shape index (κ1) is 20.1. The number of amides is 1. The lowest BCUT2D eigenvalue weighted by atomic mass is 9.86. The molecule has 2 aromatic carbocycles. The third-order valence-electron chi connectivity index (χ3n) is 6.63. The Morgan fingerprint density at radius 1 is 1.06 bits per heavy atom. The minimum atomic E-state index is -0.911. The summed E-state index contributed by atoms with van der Waals surface area (Å²) in [7, 11) is 0. The van der Waals surface area contributed by atoms with Crippen LogP contribution in [0.1, 0.15) is 32.1 Å². The van der Waals surface area contributed by atoms with Gasteiger partial charge in [-0.05, 0) is 61.3 Å². The number of benzene rings is 2. The number of halogens is 3. The average Bonchev–Trinajstić information content (AvgIpc) is 3.36. The first-order valence-corrected chi connectivity index (χ1v) is 10.8. The Kier molecular flexibility index (Phi) is 5.01. The highest BCUT2D eigenvalue weighted by Crippen LogP contribution is 2.49. The van der Waals surface area contributed by atoms with Crippen LogP contribution in [0.25, 0.3) is 22.0 Å². The second-order valence-corrected chi connectivity index (χ2v) is 8.96. The number of nitrogens with one attached hydrogen (secondary N) is 1. The lowest BCUT2D eigenvalue weighted by molar-refractivity contribution is -0.118. The van der Waals surface area contributed by atoms with E-state index in [0.717, 1.165) is 36.2 Å². The summed E-state index contributed by atoms with van der Waals surface area (Å²) in [5.74, 6) is -0.474. The number of carbonyl (C=O) groups is 1. The molecule has 1 aromatic heterocycles. The maximum absolute atomic E-state index is 14.7. The highest BCUT2D eigenvalue weighted by atomic mass is 35.5. The Morgan fingerprint density at radius 3 is 2.42 bits per heavy atom. The van der Waals surface area contributed by atoms with E-state index in [9.17, 15) is 18.4 Å². The van der Waals surface area contributed by atoms with Crippen LogP contribution in [-0.4, -0.2) is 15.8 Å². The molecule has 2 bridgehead atoms. The summed E-state index contributed by atoms with van der Waals surface area (Å²) in [6, 6.07) is 8.22. The van der Waals surface area contributed by atoms with E-state index in [1.807, 2.05) is 0 Å². The SMILES string of the molecule is O=C(CC1CC2CCC1C2)Nn1nc(-c2ccc(Cl)cc2)c2c(F)ccc(F)c2c1=O. The molecule has 0 spiro atoms. The van der Waals surface area contributed by atoms with Crippen molar-refractivity contribution >= 4 is 28.3 Å². The quantitative estimate of drug-likeness (QED) is 0.624. The summed E-state index contributed by atoms with van der Waals surface area (Å²) >= 11 is 5.94. The van der Waals surface area contributed by atoms with Crippen LogP contribution in [0, 0.1) is 29.4 Å². The second kappa shape index (κ2) is 7.71. The van der Waals surface area contributed by atoms with Gasteiger partial charge in [0, 0.05) is 17.0 Å². The fourth-order valence-corrected chi connectivity index (χ4v) is 5.33. The molecule has 2 saturated carbocycles. The van der Waals surface area contributed by atoms with E-state index in [-0.39, 0.29) is 23.4 Å². The van der Waals surface area contributed by atoms with Gasteiger partial charge < -0.3 is 0 Å². The first-order valence-electron chi connectivity index (χ1n) is 10.4. The van der Waals surface area contributed by atoms with Gasteiger partial charge in [0.1, 0.15) is 17.3 Å². The van der Waals surface area contributed by atoms with Crippen LogP contribution >= 0.6 is 11.6 Å².